The highest BCUT2D eigenvalue weighted by molar-refractivity contribution is 7.90. The second kappa shape index (κ2) is 6.49. The van der Waals surface area contributed by atoms with Crippen LogP contribution in [0.2, 0.25) is 0 Å². The molecule has 26 heavy (non-hydrogen) atoms. The van der Waals surface area contributed by atoms with Crippen LogP contribution in [0.5, 0.6) is 5.75 Å². The molecule has 2 aromatic carbocycles. The number of para-hydroxylation sites is 1. The van der Waals surface area contributed by atoms with Crippen molar-refractivity contribution in [3.05, 3.63) is 66.5 Å². The van der Waals surface area contributed by atoms with Crippen LogP contribution in [0.25, 0.3) is 5.69 Å². The number of hydrogen-bond acceptors (Lipinski definition) is 5. The fraction of sp³-hybridized carbons (Fsp3) is 0.211. The Bertz CT molecular complexity index is 1030. The van der Waals surface area contributed by atoms with Crippen molar-refractivity contribution >= 4 is 15.5 Å². The van der Waals surface area contributed by atoms with E-state index < -0.39 is 9.84 Å². The summed E-state index contributed by atoms with van der Waals surface area (Å²) in [5.41, 5.74) is 2.69. The summed E-state index contributed by atoms with van der Waals surface area (Å²) in [6.45, 7) is 1.83. The molecule has 3 aromatic rings. The van der Waals surface area contributed by atoms with Gasteiger partial charge >= 0.3 is 0 Å². The summed E-state index contributed by atoms with van der Waals surface area (Å²) in [4.78, 5) is 2.40. The number of fused-ring (bicyclic) bond motifs is 1. The van der Waals surface area contributed by atoms with Crippen LogP contribution >= 0.6 is 0 Å². The zero-order valence-corrected chi connectivity index (χ0v) is 15.2. The van der Waals surface area contributed by atoms with Gasteiger partial charge in [0.25, 0.3) is 0 Å². The summed E-state index contributed by atoms with van der Waals surface area (Å²) in [5.74, 6) is 0.700. The summed E-state index contributed by atoms with van der Waals surface area (Å²) in [6, 6.07) is 16.9. The predicted octanol–water partition coefficient (Wildman–Crippen LogP) is 2.67. The number of anilines is 1. The topological polar surface area (TPSA) is 64.4 Å². The normalized spacial score (nSPS) is 14.0. The third kappa shape index (κ3) is 3.30. The van der Waals surface area contributed by atoms with Crippen LogP contribution in [0, 0.1) is 0 Å². The molecule has 0 fully saturated rings. The van der Waals surface area contributed by atoms with Gasteiger partial charge in [0.15, 0.2) is 9.84 Å². The first-order valence-electron chi connectivity index (χ1n) is 8.32. The maximum atomic E-state index is 11.9. The minimum absolute atomic E-state index is 0.293. The number of ether oxygens (including phenoxy) is 1. The molecular formula is C19H19N3O3S. The van der Waals surface area contributed by atoms with Crippen molar-refractivity contribution < 1.29 is 13.2 Å². The van der Waals surface area contributed by atoms with Crippen LogP contribution < -0.4 is 9.64 Å². The Kier molecular flexibility index (Phi) is 4.16. The van der Waals surface area contributed by atoms with E-state index in [1.54, 1.807) is 18.2 Å². The third-order valence-electron chi connectivity index (χ3n) is 4.34. The Morgan fingerprint density at radius 3 is 2.69 bits per heavy atom. The molecule has 0 N–H and O–H groups in total. The smallest absolute Gasteiger partial charge is 0.175 e. The zero-order valence-electron chi connectivity index (χ0n) is 14.4. The van der Waals surface area contributed by atoms with Crippen molar-refractivity contribution in [2.75, 3.05) is 24.3 Å². The molecular weight excluding hydrogens is 350 g/mol. The lowest BCUT2D eigenvalue weighted by Crippen LogP contribution is -2.32. The lowest BCUT2D eigenvalue weighted by atomic mass is 10.2. The maximum Gasteiger partial charge on any atom is 0.175 e. The van der Waals surface area contributed by atoms with E-state index in [1.807, 2.05) is 47.3 Å². The van der Waals surface area contributed by atoms with Gasteiger partial charge in [-0.05, 0) is 36.4 Å². The van der Waals surface area contributed by atoms with Gasteiger partial charge < -0.3 is 9.64 Å². The Morgan fingerprint density at radius 1 is 1.12 bits per heavy atom. The number of nitrogens with zero attached hydrogens (tertiary/aromatic N) is 3. The van der Waals surface area contributed by atoms with Crippen LogP contribution in [-0.2, 0) is 16.4 Å². The Labute approximate surface area is 152 Å². The summed E-state index contributed by atoms with van der Waals surface area (Å²) < 4.78 is 31.2. The van der Waals surface area contributed by atoms with Crippen molar-refractivity contribution in [2.45, 2.75) is 11.4 Å². The molecule has 0 unspecified atom stereocenters. The molecule has 7 heteroatoms. The molecule has 134 valence electrons. The van der Waals surface area contributed by atoms with Gasteiger partial charge in [-0.3, -0.25) is 0 Å². The van der Waals surface area contributed by atoms with Gasteiger partial charge in [-0.2, -0.15) is 5.10 Å². The average Bonchev–Trinajstić information content (AvgIpc) is 3.10. The summed E-state index contributed by atoms with van der Waals surface area (Å²) >= 11 is 0. The highest BCUT2D eigenvalue weighted by Crippen LogP contribution is 2.34. The number of hydrogen-bond donors (Lipinski definition) is 0. The Hall–Kier alpha value is -2.80. The summed E-state index contributed by atoms with van der Waals surface area (Å²) in [5, 5.41) is 4.63. The van der Waals surface area contributed by atoms with Gasteiger partial charge in [-0.1, -0.05) is 18.2 Å². The number of sulfone groups is 1. The van der Waals surface area contributed by atoms with Gasteiger partial charge in [-0.25, -0.2) is 13.1 Å². The van der Waals surface area contributed by atoms with Crippen molar-refractivity contribution in [1.29, 1.82) is 0 Å². The summed E-state index contributed by atoms with van der Waals surface area (Å²) in [7, 11) is -3.27. The number of rotatable bonds is 4. The SMILES string of the molecule is CS(=O)(=O)c1ccc2c(c1)N(Cc1ccn(-c3ccccc3)n1)CCO2. The Morgan fingerprint density at radius 2 is 1.92 bits per heavy atom. The second-order valence-corrected chi connectivity index (χ2v) is 8.27. The van der Waals surface area contributed by atoms with Crippen molar-refractivity contribution in [2.24, 2.45) is 0 Å². The van der Waals surface area contributed by atoms with E-state index in [9.17, 15) is 8.42 Å². The predicted molar refractivity (Wildman–Crippen MR) is 99.7 cm³/mol. The van der Waals surface area contributed by atoms with E-state index in [-0.39, 0.29) is 0 Å². The molecule has 1 aliphatic rings. The first kappa shape index (κ1) is 16.7. The minimum atomic E-state index is -3.27. The van der Waals surface area contributed by atoms with Gasteiger partial charge in [0.2, 0.25) is 0 Å². The molecule has 0 aliphatic carbocycles. The van der Waals surface area contributed by atoms with Gasteiger partial charge in [0, 0.05) is 12.5 Å². The average molecular weight is 369 g/mol. The molecule has 0 spiro atoms. The molecule has 0 saturated carbocycles. The van der Waals surface area contributed by atoms with Crippen LogP contribution in [0.1, 0.15) is 5.69 Å². The first-order valence-corrected chi connectivity index (χ1v) is 10.2. The third-order valence-corrected chi connectivity index (χ3v) is 5.45. The van der Waals surface area contributed by atoms with E-state index in [1.165, 1.54) is 6.26 Å². The van der Waals surface area contributed by atoms with E-state index in [4.69, 9.17) is 4.74 Å². The molecule has 6 nitrogen and oxygen atoms in total. The number of benzene rings is 2. The van der Waals surface area contributed by atoms with E-state index in [0.717, 1.165) is 17.1 Å². The van der Waals surface area contributed by atoms with E-state index in [2.05, 4.69) is 10.00 Å². The van der Waals surface area contributed by atoms with Gasteiger partial charge in [0.05, 0.1) is 35.1 Å². The molecule has 1 aliphatic heterocycles. The van der Waals surface area contributed by atoms with Crippen molar-refractivity contribution in [3.8, 4) is 11.4 Å². The molecule has 0 atom stereocenters. The zero-order chi connectivity index (χ0) is 18.1. The standard InChI is InChI=1S/C19H19N3O3S/c1-26(23,24)17-7-8-19-18(13-17)21(11-12-25-19)14-15-9-10-22(20-15)16-5-3-2-4-6-16/h2-10,13H,11-12,14H2,1H3. The summed E-state index contributed by atoms with van der Waals surface area (Å²) in [6.07, 6.45) is 3.14. The molecule has 0 amide bonds. The van der Waals surface area contributed by atoms with Crippen molar-refractivity contribution in [3.63, 3.8) is 0 Å². The van der Waals surface area contributed by atoms with Crippen LogP contribution in [0.4, 0.5) is 5.69 Å². The lowest BCUT2D eigenvalue weighted by Gasteiger charge is -2.31. The van der Waals surface area contributed by atoms with E-state index in [0.29, 0.717) is 30.3 Å². The lowest BCUT2D eigenvalue weighted by molar-refractivity contribution is 0.306. The Balaban J connectivity index is 1.62. The number of aromatic nitrogens is 2. The van der Waals surface area contributed by atoms with Crippen LogP contribution in [0.3, 0.4) is 0 Å². The molecule has 2 heterocycles. The fourth-order valence-corrected chi connectivity index (χ4v) is 3.65. The molecule has 0 bridgehead atoms. The first-order chi connectivity index (χ1) is 12.5. The largest absolute Gasteiger partial charge is 0.490 e. The highest BCUT2D eigenvalue weighted by Gasteiger charge is 2.21. The highest BCUT2D eigenvalue weighted by atomic mass is 32.2. The van der Waals surface area contributed by atoms with Crippen LogP contribution in [-0.4, -0.2) is 37.6 Å². The van der Waals surface area contributed by atoms with Gasteiger partial charge in [-0.15, -0.1) is 0 Å². The quantitative estimate of drug-likeness (QED) is 0.707. The van der Waals surface area contributed by atoms with Crippen LogP contribution in [0.15, 0.2) is 65.7 Å². The molecule has 0 radical (unpaired) electrons. The minimum Gasteiger partial charge on any atom is -0.490 e. The molecule has 1 aromatic heterocycles. The molecule has 0 saturated heterocycles. The van der Waals surface area contributed by atoms with Gasteiger partial charge in [0.1, 0.15) is 12.4 Å². The fourth-order valence-electron chi connectivity index (χ4n) is 3.01. The van der Waals surface area contributed by atoms with Crippen molar-refractivity contribution in [1.82, 2.24) is 9.78 Å². The van der Waals surface area contributed by atoms with E-state index >= 15 is 0 Å². The second-order valence-electron chi connectivity index (χ2n) is 6.26. The molecule has 4 rings (SSSR count). The monoisotopic (exact) mass is 369 g/mol. The maximum absolute atomic E-state index is 11.9.